The summed E-state index contributed by atoms with van der Waals surface area (Å²) in [6.07, 6.45) is 0. The lowest BCUT2D eigenvalue weighted by atomic mass is 9.97. The van der Waals surface area contributed by atoms with Crippen molar-refractivity contribution >= 4 is 17.3 Å². The number of nitrogens with one attached hydrogen (secondary N) is 1. The van der Waals surface area contributed by atoms with Gasteiger partial charge in [0.15, 0.2) is 0 Å². The van der Waals surface area contributed by atoms with E-state index in [0.29, 0.717) is 17.5 Å². The number of hydrogen-bond acceptors (Lipinski definition) is 2. The fraction of sp³-hybridized carbons (Fsp3) is 0.417. The lowest BCUT2D eigenvalue weighted by Crippen LogP contribution is -2.17. The Kier molecular flexibility index (Phi) is 4.45. The molecule has 1 atom stereocenters. The second kappa shape index (κ2) is 5.63. The van der Waals surface area contributed by atoms with Gasteiger partial charge in [0.1, 0.15) is 0 Å². The molecular weight excluding hydrogens is 208 g/mol. The molecule has 0 radical (unpaired) electrons. The largest absolute Gasteiger partial charge is 0.384 e. The molecule has 0 aliphatic rings. The van der Waals surface area contributed by atoms with Crippen LogP contribution in [0.4, 0.5) is 5.69 Å². The molecule has 0 aliphatic carbocycles. The van der Waals surface area contributed by atoms with E-state index in [9.17, 15) is 0 Å². The average Bonchev–Trinajstić information content (AvgIpc) is 2.18. The van der Waals surface area contributed by atoms with Gasteiger partial charge in [-0.05, 0) is 24.1 Å². The lowest BCUT2D eigenvalue weighted by molar-refractivity contribution is 0.496. The van der Waals surface area contributed by atoms with E-state index in [1.54, 1.807) is 0 Å². The Balaban J connectivity index is 2.53. The maximum atomic E-state index is 8.91. The van der Waals surface area contributed by atoms with Crippen molar-refractivity contribution in [3.05, 3.63) is 29.3 Å². The van der Waals surface area contributed by atoms with Crippen LogP contribution in [0.25, 0.3) is 0 Å². The third kappa shape index (κ3) is 3.81. The summed E-state index contributed by atoms with van der Waals surface area (Å²) < 4.78 is 0. The van der Waals surface area contributed by atoms with Crippen LogP contribution in [0.1, 0.15) is 13.8 Å². The zero-order valence-corrected chi connectivity index (χ0v) is 9.75. The summed E-state index contributed by atoms with van der Waals surface area (Å²) >= 11 is 5.85. The van der Waals surface area contributed by atoms with Gasteiger partial charge in [-0.15, -0.1) is 0 Å². The van der Waals surface area contributed by atoms with Gasteiger partial charge in [0, 0.05) is 17.3 Å². The molecular formula is C12H15ClN2. The molecule has 1 aromatic rings. The molecule has 0 aliphatic heterocycles. The van der Waals surface area contributed by atoms with Crippen molar-refractivity contribution in [2.24, 2.45) is 11.8 Å². The first kappa shape index (κ1) is 11.9. The number of nitrogens with zero attached hydrogens (tertiary/aromatic N) is 1. The van der Waals surface area contributed by atoms with Crippen molar-refractivity contribution in [2.75, 3.05) is 11.9 Å². The zero-order valence-electron chi connectivity index (χ0n) is 9.00. The molecule has 15 heavy (non-hydrogen) atoms. The lowest BCUT2D eigenvalue weighted by Gasteiger charge is -2.14. The molecule has 1 N–H and O–H groups in total. The van der Waals surface area contributed by atoms with Gasteiger partial charge in [0.25, 0.3) is 0 Å². The number of halogens is 1. The Morgan fingerprint density at radius 1 is 1.47 bits per heavy atom. The minimum absolute atomic E-state index is 0.0315. The van der Waals surface area contributed by atoms with E-state index in [1.165, 1.54) is 0 Å². The Labute approximate surface area is 95.9 Å². The van der Waals surface area contributed by atoms with Gasteiger partial charge in [-0.2, -0.15) is 5.26 Å². The van der Waals surface area contributed by atoms with Gasteiger partial charge in [-0.25, -0.2) is 0 Å². The number of nitriles is 1. The number of rotatable bonds is 4. The smallest absolute Gasteiger partial charge is 0.0677 e. The first-order valence-electron chi connectivity index (χ1n) is 5.02. The molecule has 0 amide bonds. The van der Waals surface area contributed by atoms with Crippen molar-refractivity contribution in [3.63, 3.8) is 0 Å². The van der Waals surface area contributed by atoms with E-state index in [4.69, 9.17) is 16.9 Å². The van der Waals surface area contributed by atoms with Crippen LogP contribution in [-0.4, -0.2) is 6.54 Å². The maximum Gasteiger partial charge on any atom is 0.0677 e. The molecule has 80 valence electrons. The highest BCUT2D eigenvalue weighted by Gasteiger charge is 2.11. The molecule has 0 spiro atoms. The van der Waals surface area contributed by atoms with Crippen molar-refractivity contribution in [1.82, 2.24) is 0 Å². The summed E-state index contributed by atoms with van der Waals surface area (Å²) in [5.41, 5.74) is 0.961. The standard InChI is InChI=1S/C12H15ClN2/c1-9(2)10(7-14)8-15-12-5-3-4-11(13)6-12/h3-6,9-10,15H,8H2,1-2H3. The van der Waals surface area contributed by atoms with Crippen LogP contribution in [0, 0.1) is 23.2 Å². The first-order chi connectivity index (χ1) is 7.13. The van der Waals surface area contributed by atoms with Crippen molar-refractivity contribution < 1.29 is 0 Å². The summed E-state index contributed by atoms with van der Waals surface area (Å²) in [6.45, 7) is 4.76. The molecule has 1 aromatic carbocycles. The zero-order chi connectivity index (χ0) is 11.3. The molecule has 0 bridgehead atoms. The Morgan fingerprint density at radius 3 is 2.73 bits per heavy atom. The molecule has 0 saturated carbocycles. The minimum atomic E-state index is 0.0315. The highest BCUT2D eigenvalue weighted by atomic mass is 35.5. The van der Waals surface area contributed by atoms with Gasteiger partial charge < -0.3 is 5.32 Å². The van der Waals surface area contributed by atoms with Crippen LogP contribution >= 0.6 is 11.6 Å². The Morgan fingerprint density at radius 2 is 2.20 bits per heavy atom. The summed E-state index contributed by atoms with van der Waals surface area (Å²) in [7, 11) is 0. The van der Waals surface area contributed by atoms with Crippen molar-refractivity contribution in [1.29, 1.82) is 5.26 Å². The number of hydrogen-bond donors (Lipinski definition) is 1. The highest BCUT2D eigenvalue weighted by Crippen LogP contribution is 2.16. The monoisotopic (exact) mass is 222 g/mol. The van der Waals surface area contributed by atoms with Crippen LogP contribution in [0.3, 0.4) is 0 Å². The first-order valence-corrected chi connectivity index (χ1v) is 5.40. The van der Waals surface area contributed by atoms with E-state index in [2.05, 4.69) is 11.4 Å². The fourth-order valence-electron chi connectivity index (χ4n) is 1.26. The van der Waals surface area contributed by atoms with Crippen LogP contribution in [0.15, 0.2) is 24.3 Å². The second-order valence-corrected chi connectivity index (χ2v) is 4.31. The quantitative estimate of drug-likeness (QED) is 0.846. The summed E-state index contributed by atoms with van der Waals surface area (Å²) in [5.74, 6) is 0.394. The second-order valence-electron chi connectivity index (χ2n) is 3.87. The van der Waals surface area contributed by atoms with Gasteiger partial charge in [-0.1, -0.05) is 31.5 Å². The SMILES string of the molecule is CC(C)C(C#N)CNc1cccc(Cl)c1. The van der Waals surface area contributed by atoms with Gasteiger partial charge in [-0.3, -0.25) is 0 Å². The van der Waals surface area contributed by atoms with Crippen LogP contribution < -0.4 is 5.32 Å². The van der Waals surface area contributed by atoms with E-state index in [0.717, 1.165) is 5.69 Å². The third-order valence-electron chi connectivity index (χ3n) is 2.32. The molecule has 3 heteroatoms. The number of benzene rings is 1. The van der Waals surface area contributed by atoms with Crippen LogP contribution in [-0.2, 0) is 0 Å². The fourth-order valence-corrected chi connectivity index (χ4v) is 1.45. The van der Waals surface area contributed by atoms with Crippen molar-refractivity contribution in [3.8, 4) is 6.07 Å². The van der Waals surface area contributed by atoms with Crippen LogP contribution in [0.2, 0.25) is 5.02 Å². The van der Waals surface area contributed by atoms with E-state index in [1.807, 2.05) is 38.1 Å². The van der Waals surface area contributed by atoms with E-state index >= 15 is 0 Å². The predicted molar refractivity (Wildman–Crippen MR) is 63.9 cm³/mol. The molecule has 0 aromatic heterocycles. The molecule has 0 saturated heterocycles. The normalized spacial score (nSPS) is 12.2. The molecule has 0 heterocycles. The van der Waals surface area contributed by atoms with Gasteiger partial charge in [0.05, 0.1) is 12.0 Å². The summed E-state index contributed by atoms with van der Waals surface area (Å²) in [6, 6.07) is 9.81. The van der Waals surface area contributed by atoms with Gasteiger partial charge in [0.2, 0.25) is 0 Å². The molecule has 0 fully saturated rings. The minimum Gasteiger partial charge on any atom is -0.384 e. The average molecular weight is 223 g/mol. The highest BCUT2D eigenvalue weighted by molar-refractivity contribution is 6.30. The van der Waals surface area contributed by atoms with Crippen LogP contribution in [0.5, 0.6) is 0 Å². The predicted octanol–water partition coefficient (Wildman–Crippen LogP) is 3.55. The van der Waals surface area contributed by atoms with E-state index in [-0.39, 0.29) is 5.92 Å². The molecule has 2 nitrogen and oxygen atoms in total. The summed E-state index contributed by atoms with van der Waals surface area (Å²) in [5, 5.41) is 12.8. The molecule has 1 unspecified atom stereocenters. The molecule has 1 rings (SSSR count). The maximum absolute atomic E-state index is 8.91. The Bertz CT molecular complexity index is 355. The third-order valence-corrected chi connectivity index (χ3v) is 2.56. The van der Waals surface area contributed by atoms with Gasteiger partial charge >= 0.3 is 0 Å². The van der Waals surface area contributed by atoms with Crippen molar-refractivity contribution in [2.45, 2.75) is 13.8 Å². The number of anilines is 1. The summed E-state index contributed by atoms with van der Waals surface area (Å²) in [4.78, 5) is 0. The van der Waals surface area contributed by atoms with E-state index < -0.39 is 0 Å². The Hall–Kier alpha value is -1.20. The topological polar surface area (TPSA) is 35.8 Å².